The molecule has 278 valence electrons. The first-order chi connectivity index (χ1) is 22.8. The van der Waals surface area contributed by atoms with Gasteiger partial charge in [0, 0.05) is 57.3 Å². The molecule has 0 aromatic heterocycles. The van der Waals surface area contributed by atoms with Crippen LogP contribution in [-0.2, 0) is 11.3 Å². The highest BCUT2D eigenvalue weighted by atomic mass is 35.5. The Morgan fingerprint density at radius 2 is 1.54 bits per heavy atom. The zero-order valence-corrected chi connectivity index (χ0v) is 32.1. The fourth-order valence-corrected chi connectivity index (χ4v) is 5.49. The van der Waals surface area contributed by atoms with Gasteiger partial charge in [-0.15, -0.1) is 37.2 Å². The van der Waals surface area contributed by atoms with Crippen LogP contribution in [0.1, 0.15) is 53.6 Å². The quantitative estimate of drug-likeness (QED) is 0.149. The smallest absolute Gasteiger partial charge is 0.258 e. The van der Waals surface area contributed by atoms with E-state index in [1.165, 1.54) is 0 Å². The molecule has 0 bridgehead atoms. The largest absolute Gasteiger partial charge is 0.496 e. The number of benzene rings is 3. The van der Waals surface area contributed by atoms with Gasteiger partial charge in [-0.1, -0.05) is 24.3 Å². The van der Waals surface area contributed by atoms with Crippen molar-refractivity contribution in [2.45, 2.75) is 45.6 Å². The number of nitrogens with one attached hydrogen (secondary N) is 1. The maximum absolute atomic E-state index is 13.7. The Morgan fingerprint density at radius 3 is 2.26 bits per heavy atom. The average molecular weight is 755 g/mol. The lowest BCUT2D eigenvalue weighted by Gasteiger charge is -2.32. The van der Waals surface area contributed by atoms with Gasteiger partial charge < -0.3 is 40.0 Å². The molecule has 0 spiro atoms. The van der Waals surface area contributed by atoms with Crippen molar-refractivity contribution in [3.63, 3.8) is 0 Å². The van der Waals surface area contributed by atoms with Crippen molar-refractivity contribution in [2.75, 3.05) is 77.4 Å². The molecular weight excluding hydrogens is 701 g/mol. The number of carbonyl (C=O) groups is 2. The molecule has 1 saturated heterocycles. The molecule has 3 aromatic rings. The Balaban J connectivity index is 0.00000417. The highest BCUT2D eigenvalue weighted by Crippen LogP contribution is 2.32. The van der Waals surface area contributed by atoms with Gasteiger partial charge in [0.2, 0.25) is 5.91 Å². The zero-order chi connectivity index (χ0) is 33.6. The molecule has 0 saturated carbocycles. The van der Waals surface area contributed by atoms with E-state index < -0.39 is 0 Å². The zero-order valence-electron chi connectivity index (χ0n) is 29.7. The van der Waals surface area contributed by atoms with Crippen molar-refractivity contribution >= 4 is 60.4 Å². The molecule has 10 nitrogen and oxygen atoms in total. The summed E-state index contributed by atoms with van der Waals surface area (Å²) in [6.45, 7) is 7.64. The molecule has 1 aliphatic heterocycles. The number of hydrogen-bond acceptors (Lipinski definition) is 8. The fraction of sp³-hybridized carbons (Fsp3) is 0.459. The number of methoxy groups -OCH3 is 1. The lowest BCUT2D eigenvalue weighted by molar-refractivity contribution is -0.132. The van der Waals surface area contributed by atoms with Crippen LogP contribution < -0.4 is 30.2 Å². The molecule has 13 heteroatoms. The van der Waals surface area contributed by atoms with Crippen LogP contribution >= 0.6 is 37.2 Å². The highest BCUT2D eigenvalue weighted by Gasteiger charge is 2.20. The number of para-hydroxylation sites is 2. The van der Waals surface area contributed by atoms with Gasteiger partial charge in [0.25, 0.3) is 5.91 Å². The Hall–Kier alpha value is -3.41. The minimum absolute atomic E-state index is 0. The van der Waals surface area contributed by atoms with E-state index in [4.69, 9.17) is 19.9 Å². The minimum atomic E-state index is -0.169. The molecule has 0 atom stereocenters. The van der Waals surface area contributed by atoms with Crippen molar-refractivity contribution in [1.29, 1.82) is 0 Å². The van der Waals surface area contributed by atoms with E-state index in [1.807, 2.05) is 66.4 Å². The number of anilines is 2. The molecule has 1 fully saturated rings. The van der Waals surface area contributed by atoms with Crippen molar-refractivity contribution in [1.82, 2.24) is 9.80 Å². The average Bonchev–Trinajstić information content (AvgIpc) is 3.09. The first-order valence-corrected chi connectivity index (χ1v) is 16.6. The predicted molar refractivity (Wildman–Crippen MR) is 210 cm³/mol. The van der Waals surface area contributed by atoms with Crippen molar-refractivity contribution in [3.8, 4) is 17.2 Å². The Morgan fingerprint density at radius 1 is 0.840 bits per heavy atom. The number of nitrogens with zero attached hydrogens (tertiary/aromatic N) is 3. The second-order valence-corrected chi connectivity index (χ2v) is 12.0. The SMILES string of the molecule is COc1cc(C(=O)N(C)c2ccc(C)cc2OCCCCCC(=O)N2CCN(C)CC2)ccc1CNc1ccccc1OCCCN.Cl.Cl.Cl. The maximum atomic E-state index is 13.7. The van der Waals surface area contributed by atoms with E-state index in [-0.39, 0.29) is 49.0 Å². The third kappa shape index (κ3) is 13.0. The normalized spacial score (nSPS) is 12.5. The van der Waals surface area contributed by atoms with Crippen LogP contribution in [0.3, 0.4) is 0 Å². The summed E-state index contributed by atoms with van der Waals surface area (Å²) in [6.07, 6.45) is 3.94. The van der Waals surface area contributed by atoms with Crippen LogP contribution in [0.15, 0.2) is 60.7 Å². The first-order valence-electron chi connectivity index (χ1n) is 16.6. The summed E-state index contributed by atoms with van der Waals surface area (Å²) < 4.78 is 17.8. The molecule has 1 heterocycles. The predicted octanol–water partition coefficient (Wildman–Crippen LogP) is 6.60. The van der Waals surface area contributed by atoms with Gasteiger partial charge in [0.15, 0.2) is 0 Å². The number of rotatable bonds is 17. The van der Waals surface area contributed by atoms with Gasteiger partial charge in [0.1, 0.15) is 17.2 Å². The number of unbranched alkanes of at least 4 members (excludes halogenated alkanes) is 2. The summed E-state index contributed by atoms with van der Waals surface area (Å²) in [4.78, 5) is 32.0. The Kier molecular flexibility index (Phi) is 20.6. The number of likely N-dealkylation sites (N-methyl/N-ethyl adjacent to an activating group) is 1. The maximum Gasteiger partial charge on any atom is 0.258 e. The van der Waals surface area contributed by atoms with Crippen LogP contribution in [0.4, 0.5) is 11.4 Å². The van der Waals surface area contributed by atoms with Crippen molar-refractivity contribution in [2.24, 2.45) is 5.73 Å². The van der Waals surface area contributed by atoms with E-state index in [0.29, 0.717) is 55.5 Å². The topological polar surface area (TPSA) is 110 Å². The number of ether oxygens (including phenoxy) is 3. The molecule has 1 aliphatic rings. The van der Waals surface area contributed by atoms with E-state index in [9.17, 15) is 9.59 Å². The molecule has 2 amide bonds. The number of hydrogen-bond donors (Lipinski definition) is 2. The number of nitrogens with two attached hydrogens (primary N) is 1. The van der Waals surface area contributed by atoms with E-state index in [2.05, 4.69) is 17.3 Å². The summed E-state index contributed by atoms with van der Waals surface area (Å²) in [7, 11) is 5.45. The van der Waals surface area contributed by atoms with Crippen LogP contribution in [0.5, 0.6) is 17.2 Å². The Labute approximate surface area is 316 Å². The number of aryl methyl sites for hydroxylation is 1. The van der Waals surface area contributed by atoms with Crippen molar-refractivity contribution < 1.29 is 23.8 Å². The first kappa shape index (κ1) is 44.6. The molecule has 0 unspecified atom stereocenters. The third-order valence-electron chi connectivity index (χ3n) is 8.43. The molecule has 3 aromatic carbocycles. The molecule has 50 heavy (non-hydrogen) atoms. The second kappa shape index (κ2) is 23.1. The third-order valence-corrected chi connectivity index (χ3v) is 8.43. The lowest BCUT2D eigenvalue weighted by Crippen LogP contribution is -2.47. The summed E-state index contributed by atoms with van der Waals surface area (Å²) in [5.41, 5.74) is 9.64. The minimum Gasteiger partial charge on any atom is -0.496 e. The highest BCUT2D eigenvalue weighted by molar-refractivity contribution is 6.06. The molecule has 0 aliphatic carbocycles. The summed E-state index contributed by atoms with van der Waals surface area (Å²) in [6, 6.07) is 19.1. The molecular formula is C37H54Cl3N5O5. The van der Waals surface area contributed by atoms with Gasteiger partial charge in [-0.2, -0.15) is 0 Å². The van der Waals surface area contributed by atoms with Crippen LogP contribution in [0.2, 0.25) is 0 Å². The standard InChI is InChI=1S/C37H51N5O5.3ClH/c1-28-14-17-32(35(25-28)47-23-9-5-6-13-36(43)42-21-19-40(2)20-22-42)41(3)37(44)29-15-16-30(34(26-29)45-4)27-39-31-11-7-8-12-33(31)46-24-10-18-38;;;/h7-8,11-12,14-17,25-26,39H,5-6,9-10,13,18-24,27,38H2,1-4H3;3*1H. The monoisotopic (exact) mass is 753 g/mol. The van der Waals surface area contributed by atoms with Crippen molar-refractivity contribution in [3.05, 3.63) is 77.4 Å². The van der Waals surface area contributed by atoms with Gasteiger partial charge in [-0.05, 0) is 88.2 Å². The second-order valence-electron chi connectivity index (χ2n) is 12.0. The van der Waals surface area contributed by atoms with E-state index >= 15 is 0 Å². The number of halogens is 3. The number of amides is 2. The summed E-state index contributed by atoms with van der Waals surface area (Å²) in [5.74, 6) is 2.12. The van der Waals surface area contributed by atoms with Crippen LogP contribution in [-0.4, -0.2) is 88.8 Å². The number of piperazine rings is 1. The molecule has 4 rings (SSSR count). The van der Waals surface area contributed by atoms with Gasteiger partial charge in [0.05, 0.1) is 31.7 Å². The lowest BCUT2D eigenvalue weighted by atomic mass is 10.1. The number of carbonyl (C=O) groups excluding carboxylic acids is 2. The van der Waals surface area contributed by atoms with Crippen LogP contribution in [0.25, 0.3) is 0 Å². The molecule has 3 N–H and O–H groups in total. The fourth-order valence-electron chi connectivity index (χ4n) is 5.49. The summed E-state index contributed by atoms with van der Waals surface area (Å²) in [5, 5.41) is 3.43. The van der Waals surface area contributed by atoms with Gasteiger partial charge in [-0.3, -0.25) is 9.59 Å². The summed E-state index contributed by atoms with van der Waals surface area (Å²) >= 11 is 0. The van der Waals surface area contributed by atoms with Crippen LogP contribution in [0, 0.1) is 6.92 Å². The molecule has 0 radical (unpaired) electrons. The van der Waals surface area contributed by atoms with E-state index in [0.717, 1.165) is 74.4 Å². The Bertz CT molecular complexity index is 1470. The van der Waals surface area contributed by atoms with E-state index in [1.54, 1.807) is 25.1 Å². The van der Waals surface area contributed by atoms with Gasteiger partial charge in [-0.25, -0.2) is 0 Å². The van der Waals surface area contributed by atoms with Gasteiger partial charge >= 0.3 is 0 Å².